The Labute approximate surface area is 152 Å². The number of fused-ring (bicyclic) bond motifs is 1. The summed E-state index contributed by atoms with van der Waals surface area (Å²) in [5.74, 6) is 1.70. The van der Waals surface area contributed by atoms with E-state index in [0.29, 0.717) is 24.9 Å². The van der Waals surface area contributed by atoms with Crippen molar-refractivity contribution >= 4 is 11.9 Å². The van der Waals surface area contributed by atoms with E-state index in [1.165, 1.54) is 44.9 Å². The zero-order valence-corrected chi connectivity index (χ0v) is 15.8. The highest BCUT2D eigenvalue weighted by molar-refractivity contribution is 5.78. The molecule has 3 amide bonds. The first kappa shape index (κ1) is 18.5. The molecule has 3 aliphatic rings. The van der Waals surface area contributed by atoms with Crippen molar-refractivity contribution in [1.29, 1.82) is 0 Å². The highest BCUT2D eigenvalue weighted by atomic mass is 16.2. The highest BCUT2D eigenvalue weighted by Crippen LogP contribution is 2.35. The molecule has 5 heteroatoms. The Bertz CT molecular complexity index is 462. The van der Waals surface area contributed by atoms with Crippen molar-refractivity contribution in [2.45, 2.75) is 76.7 Å². The molecule has 3 fully saturated rings. The van der Waals surface area contributed by atoms with Gasteiger partial charge in [-0.15, -0.1) is 0 Å². The predicted octanol–water partition coefficient (Wildman–Crippen LogP) is 3.39. The monoisotopic (exact) mass is 349 g/mol. The number of likely N-dealkylation sites (tertiary alicyclic amines) is 1. The molecule has 142 valence electrons. The van der Waals surface area contributed by atoms with Gasteiger partial charge in [0.15, 0.2) is 0 Å². The van der Waals surface area contributed by atoms with Crippen molar-refractivity contribution in [3.05, 3.63) is 0 Å². The van der Waals surface area contributed by atoms with Gasteiger partial charge >= 0.3 is 6.03 Å². The summed E-state index contributed by atoms with van der Waals surface area (Å²) in [5, 5.41) is 2.98. The molecule has 5 nitrogen and oxygen atoms in total. The lowest BCUT2D eigenvalue weighted by Crippen LogP contribution is -2.49. The first-order valence-corrected chi connectivity index (χ1v) is 10.4. The van der Waals surface area contributed by atoms with E-state index in [9.17, 15) is 9.59 Å². The molecule has 1 aliphatic heterocycles. The van der Waals surface area contributed by atoms with Gasteiger partial charge in [-0.2, -0.15) is 0 Å². The van der Waals surface area contributed by atoms with Crippen LogP contribution in [0.3, 0.4) is 0 Å². The Kier molecular flexibility index (Phi) is 6.60. The number of amides is 3. The SMILES string of the molecule is CN(C(=O)CCNC(=O)N1CCC2CCCCC2C1)C1CCCCC1. The van der Waals surface area contributed by atoms with E-state index < -0.39 is 0 Å². The summed E-state index contributed by atoms with van der Waals surface area (Å²) < 4.78 is 0. The average Bonchev–Trinajstić information content (AvgIpc) is 2.67. The summed E-state index contributed by atoms with van der Waals surface area (Å²) in [6.07, 6.45) is 12.9. The average molecular weight is 350 g/mol. The van der Waals surface area contributed by atoms with Crippen LogP contribution in [0.25, 0.3) is 0 Å². The number of rotatable bonds is 4. The van der Waals surface area contributed by atoms with E-state index in [1.54, 1.807) is 0 Å². The molecule has 3 rings (SSSR count). The number of carbonyl (C=O) groups is 2. The minimum absolute atomic E-state index is 0.0251. The second-order valence-corrected chi connectivity index (χ2v) is 8.32. The number of nitrogens with zero attached hydrogens (tertiary/aromatic N) is 2. The zero-order chi connectivity index (χ0) is 17.6. The second kappa shape index (κ2) is 8.91. The number of urea groups is 1. The van der Waals surface area contributed by atoms with Gasteiger partial charge in [0.1, 0.15) is 0 Å². The van der Waals surface area contributed by atoms with Crippen LogP contribution in [0.4, 0.5) is 4.79 Å². The van der Waals surface area contributed by atoms with Gasteiger partial charge in [-0.25, -0.2) is 4.79 Å². The Hall–Kier alpha value is -1.26. The molecule has 0 radical (unpaired) electrons. The van der Waals surface area contributed by atoms with E-state index in [2.05, 4.69) is 5.32 Å². The van der Waals surface area contributed by atoms with Crippen LogP contribution >= 0.6 is 0 Å². The molecule has 2 atom stereocenters. The van der Waals surface area contributed by atoms with Gasteiger partial charge in [-0.05, 0) is 37.5 Å². The molecule has 2 saturated carbocycles. The maximum absolute atomic E-state index is 12.4. The molecule has 1 N–H and O–H groups in total. The molecule has 0 aromatic heterocycles. The predicted molar refractivity (Wildman–Crippen MR) is 99.3 cm³/mol. The number of nitrogens with one attached hydrogen (secondary N) is 1. The number of hydrogen-bond donors (Lipinski definition) is 1. The Morgan fingerprint density at radius 1 is 0.960 bits per heavy atom. The van der Waals surface area contributed by atoms with Crippen molar-refractivity contribution in [2.24, 2.45) is 11.8 Å². The van der Waals surface area contributed by atoms with Gasteiger partial charge in [0.25, 0.3) is 0 Å². The molecule has 25 heavy (non-hydrogen) atoms. The topological polar surface area (TPSA) is 52.7 Å². The van der Waals surface area contributed by atoms with Crippen LogP contribution in [0, 0.1) is 11.8 Å². The zero-order valence-electron chi connectivity index (χ0n) is 15.8. The van der Waals surface area contributed by atoms with Crippen molar-refractivity contribution in [3.63, 3.8) is 0 Å². The van der Waals surface area contributed by atoms with Crippen molar-refractivity contribution in [2.75, 3.05) is 26.7 Å². The number of piperidine rings is 1. The Balaban J connectivity index is 1.36. The lowest BCUT2D eigenvalue weighted by Gasteiger charge is -2.41. The van der Waals surface area contributed by atoms with E-state index in [4.69, 9.17) is 0 Å². The van der Waals surface area contributed by atoms with Gasteiger partial charge in [-0.1, -0.05) is 38.5 Å². The van der Waals surface area contributed by atoms with Gasteiger partial charge < -0.3 is 15.1 Å². The van der Waals surface area contributed by atoms with Gasteiger partial charge in [0.2, 0.25) is 5.91 Å². The molecule has 0 spiro atoms. The molecule has 0 aromatic carbocycles. The summed E-state index contributed by atoms with van der Waals surface area (Å²) in [4.78, 5) is 28.7. The quantitative estimate of drug-likeness (QED) is 0.846. The normalized spacial score (nSPS) is 27.5. The molecular weight excluding hydrogens is 314 g/mol. The van der Waals surface area contributed by atoms with Crippen LogP contribution < -0.4 is 5.32 Å². The fourth-order valence-corrected chi connectivity index (χ4v) is 5.02. The number of hydrogen-bond acceptors (Lipinski definition) is 2. The third-order valence-electron chi connectivity index (χ3n) is 6.71. The fraction of sp³-hybridized carbons (Fsp3) is 0.900. The van der Waals surface area contributed by atoms with Crippen LogP contribution in [-0.2, 0) is 4.79 Å². The molecule has 2 aliphatic carbocycles. The standard InChI is InChI=1S/C20H35N3O2/c1-22(18-9-3-2-4-10-18)19(24)11-13-21-20(25)23-14-12-16-7-5-6-8-17(16)15-23/h16-18H,2-15H2,1H3,(H,21,25). The minimum Gasteiger partial charge on any atom is -0.343 e. The van der Waals surface area contributed by atoms with Crippen LogP contribution in [-0.4, -0.2) is 54.5 Å². The first-order valence-electron chi connectivity index (χ1n) is 10.4. The largest absolute Gasteiger partial charge is 0.343 e. The summed E-state index contributed by atoms with van der Waals surface area (Å²) in [6.45, 7) is 2.24. The van der Waals surface area contributed by atoms with Crippen LogP contribution in [0.5, 0.6) is 0 Å². The minimum atomic E-state index is 0.0251. The smallest absolute Gasteiger partial charge is 0.317 e. The molecule has 1 heterocycles. The Morgan fingerprint density at radius 3 is 2.40 bits per heavy atom. The lowest BCUT2D eigenvalue weighted by molar-refractivity contribution is -0.132. The van der Waals surface area contributed by atoms with Crippen LogP contribution in [0.2, 0.25) is 0 Å². The maximum atomic E-state index is 12.4. The molecule has 0 bridgehead atoms. The van der Waals surface area contributed by atoms with Gasteiger partial charge in [0.05, 0.1) is 0 Å². The molecule has 2 unspecified atom stereocenters. The van der Waals surface area contributed by atoms with E-state index >= 15 is 0 Å². The molecule has 1 saturated heterocycles. The first-order chi connectivity index (χ1) is 12.1. The van der Waals surface area contributed by atoms with Crippen LogP contribution in [0.15, 0.2) is 0 Å². The highest BCUT2D eigenvalue weighted by Gasteiger charge is 2.32. The van der Waals surface area contributed by atoms with Crippen molar-refractivity contribution in [3.8, 4) is 0 Å². The van der Waals surface area contributed by atoms with E-state index in [1.807, 2.05) is 16.8 Å². The number of carbonyl (C=O) groups excluding carboxylic acids is 2. The van der Waals surface area contributed by atoms with Gasteiger partial charge in [0, 0.05) is 39.1 Å². The third kappa shape index (κ3) is 4.89. The summed E-state index contributed by atoms with van der Waals surface area (Å²) in [5.41, 5.74) is 0. The van der Waals surface area contributed by atoms with Gasteiger partial charge in [-0.3, -0.25) is 4.79 Å². The second-order valence-electron chi connectivity index (χ2n) is 8.32. The lowest BCUT2D eigenvalue weighted by atomic mass is 9.75. The maximum Gasteiger partial charge on any atom is 0.317 e. The summed E-state index contributed by atoms with van der Waals surface area (Å²) in [6, 6.07) is 0.430. The van der Waals surface area contributed by atoms with Crippen molar-refractivity contribution in [1.82, 2.24) is 15.1 Å². The van der Waals surface area contributed by atoms with Crippen molar-refractivity contribution < 1.29 is 9.59 Å². The van der Waals surface area contributed by atoms with E-state index in [-0.39, 0.29) is 11.9 Å². The third-order valence-corrected chi connectivity index (χ3v) is 6.71. The Morgan fingerprint density at radius 2 is 1.64 bits per heavy atom. The molecular formula is C20H35N3O2. The fourth-order valence-electron chi connectivity index (χ4n) is 5.02. The molecule has 0 aromatic rings. The van der Waals surface area contributed by atoms with E-state index in [0.717, 1.165) is 38.3 Å². The van der Waals surface area contributed by atoms with Crippen LogP contribution in [0.1, 0.15) is 70.6 Å². The summed E-state index contributed by atoms with van der Waals surface area (Å²) in [7, 11) is 1.92. The summed E-state index contributed by atoms with van der Waals surface area (Å²) >= 11 is 0.